The Morgan fingerprint density at radius 2 is 1.95 bits per heavy atom. The Bertz CT molecular complexity index is 452. The van der Waals surface area contributed by atoms with Gasteiger partial charge in [-0.2, -0.15) is 0 Å². The van der Waals surface area contributed by atoms with Crippen molar-refractivity contribution in [1.82, 2.24) is 5.32 Å². The average molecular weight is 260 g/mol. The van der Waals surface area contributed by atoms with Crippen LogP contribution in [0.15, 0.2) is 18.2 Å². The highest BCUT2D eigenvalue weighted by atomic mass is 16.5. The molecule has 2 rings (SSSR count). The molecule has 19 heavy (non-hydrogen) atoms. The van der Waals surface area contributed by atoms with E-state index in [0.29, 0.717) is 0 Å². The monoisotopic (exact) mass is 260 g/mol. The van der Waals surface area contributed by atoms with Gasteiger partial charge in [-0.25, -0.2) is 0 Å². The molecule has 0 spiro atoms. The molecule has 0 saturated carbocycles. The van der Waals surface area contributed by atoms with E-state index in [4.69, 9.17) is 4.65 Å². The molecule has 0 aromatic heterocycles. The third-order valence-electron chi connectivity index (χ3n) is 4.08. The van der Waals surface area contributed by atoms with Crippen LogP contribution in [0.2, 0.25) is 0 Å². The van der Waals surface area contributed by atoms with E-state index in [-0.39, 0.29) is 0 Å². The lowest BCUT2D eigenvalue weighted by Gasteiger charge is -2.37. The van der Waals surface area contributed by atoms with Gasteiger partial charge in [-0.05, 0) is 51.8 Å². The molecule has 0 aliphatic carbocycles. The van der Waals surface area contributed by atoms with Crippen LogP contribution >= 0.6 is 0 Å². The predicted molar refractivity (Wildman–Crippen MR) is 78.7 cm³/mol. The fourth-order valence-corrected chi connectivity index (χ4v) is 1.93. The number of nitrogens with one attached hydrogen (secondary N) is 1. The van der Waals surface area contributed by atoms with Crippen LogP contribution in [0.4, 0.5) is 0 Å². The molecule has 0 fully saturated rings. The zero-order valence-corrected chi connectivity index (χ0v) is 12.3. The van der Waals surface area contributed by atoms with E-state index < -0.39 is 11.2 Å². The molecule has 1 aromatic carbocycles. The topological polar surface area (TPSA) is 41.5 Å². The van der Waals surface area contributed by atoms with E-state index in [2.05, 4.69) is 23.5 Å². The summed E-state index contributed by atoms with van der Waals surface area (Å²) in [5.74, 6) is 0. The summed E-state index contributed by atoms with van der Waals surface area (Å²) in [7, 11) is 1.74. The standard InChI is InChI=1S/C15H23BNO2/c1-14(2,18)15(3,4)19-16-13-6-5-11-7-8-17-10-12(11)9-13/h5-6,9,17-18H,7-8,10H2,1-4H3. The van der Waals surface area contributed by atoms with Crippen molar-refractivity contribution in [2.45, 2.75) is 51.9 Å². The summed E-state index contributed by atoms with van der Waals surface area (Å²) in [6.07, 6.45) is 1.09. The fraction of sp³-hybridized carbons (Fsp3) is 0.600. The molecule has 103 valence electrons. The summed E-state index contributed by atoms with van der Waals surface area (Å²) in [6.45, 7) is 9.28. The van der Waals surface area contributed by atoms with Crippen molar-refractivity contribution < 1.29 is 9.76 Å². The molecule has 1 aliphatic heterocycles. The molecule has 3 nitrogen and oxygen atoms in total. The van der Waals surface area contributed by atoms with Crippen molar-refractivity contribution in [2.24, 2.45) is 0 Å². The van der Waals surface area contributed by atoms with Gasteiger partial charge >= 0.3 is 7.48 Å². The van der Waals surface area contributed by atoms with Crippen LogP contribution in [-0.4, -0.2) is 30.3 Å². The summed E-state index contributed by atoms with van der Waals surface area (Å²) in [5, 5.41) is 13.4. The Labute approximate surface area is 116 Å². The van der Waals surface area contributed by atoms with Crippen molar-refractivity contribution in [3.05, 3.63) is 29.3 Å². The number of fused-ring (bicyclic) bond motifs is 1. The lowest BCUT2D eigenvalue weighted by Crippen LogP contribution is -2.49. The van der Waals surface area contributed by atoms with E-state index in [1.54, 1.807) is 21.3 Å². The Balaban J connectivity index is 2.04. The maximum absolute atomic E-state index is 10.1. The minimum Gasteiger partial charge on any atom is -0.427 e. The van der Waals surface area contributed by atoms with Gasteiger partial charge in [0.2, 0.25) is 0 Å². The number of benzene rings is 1. The molecular formula is C15H23BNO2. The first-order valence-corrected chi connectivity index (χ1v) is 6.85. The van der Waals surface area contributed by atoms with Crippen molar-refractivity contribution in [1.29, 1.82) is 0 Å². The molecule has 1 heterocycles. The van der Waals surface area contributed by atoms with Crippen molar-refractivity contribution in [3.8, 4) is 0 Å². The normalized spacial score (nSPS) is 16.1. The number of aliphatic hydroxyl groups is 1. The molecule has 0 unspecified atom stereocenters. The van der Waals surface area contributed by atoms with Gasteiger partial charge in [-0.3, -0.25) is 0 Å². The Morgan fingerprint density at radius 3 is 2.63 bits per heavy atom. The second kappa shape index (κ2) is 5.27. The fourth-order valence-electron chi connectivity index (χ4n) is 1.93. The number of rotatable bonds is 4. The SMILES string of the molecule is CC(C)(O)C(C)(C)O[B]c1ccc2c(c1)CNCC2. The first-order chi connectivity index (χ1) is 8.79. The average Bonchev–Trinajstić information content (AvgIpc) is 2.35. The zero-order valence-electron chi connectivity index (χ0n) is 12.3. The van der Waals surface area contributed by atoms with E-state index in [1.807, 2.05) is 13.8 Å². The third kappa shape index (κ3) is 3.38. The van der Waals surface area contributed by atoms with Gasteiger partial charge in [0.15, 0.2) is 0 Å². The maximum Gasteiger partial charge on any atom is 0.330 e. The van der Waals surface area contributed by atoms with E-state index >= 15 is 0 Å². The van der Waals surface area contributed by atoms with E-state index in [0.717, 1.165) is 25.0 Å². The lowest BCUT2D eigenvalue weighted by molar-refractivity contribution is -0.0893. The number of hydrogen-bond donors (Lipinski definition) is 2. The van der Waals surface area contributed by atoms with Gasteiger partial charge in [0, 0.05) is 6.54 Å². The van der Waals surface area contributed by atoms with Crippen molar-refractivity contribution in [3.63, 3.8) is 0 Å². The molecule has 1 aliphatic rings. The molecule has 0 atom stereocenters. The van der Waals surface area contributed by atoms with Crippen LogP contribution in [0, 0.1) is 0 Å². The highest BCUT2D eigenvalue weighted by Crippen LogP contribution is 2.24. The van der Waals surface area contributed by atoms with Crippen LogP contribution in [0.3, 0.4) is 0 Å². The second-order valence-electron chi connectivity index (χ2n) is 6.26. The van der Waals surface area contributed by atoms with E-state index in [9.17, 15) is 5.11 Å². The molecule has 0 saturated heterocycles. The Kier molecular flexibility index (Phi) is 4.04. The van der Waals surface area contributed by atoms with Crippen LogP contribution < -0.4 is 10.8 Å². The maximum atomic E-state index is 10.1. The van der Waals surface area contributed by atoms with Gasteiger partial charge in [0.1, 0.15) is 0 Å². The second-order valence-corrected chi connectivity index (χ2v) is 6.26. The van der Waals surface area contributed by atoms with Gasteiger partial charge < -0.3 is 15.1 Å². The van der Waals surface area contributed by atoms with Crippen LogP contribution in [-0.2, 0) is 17.6 Å². The Hall–Kier alpha value is -0.835. The van der Waals surface area contributed by atoms with Gasteiger partial charge in [0.25, 0.3) is 0 Å². The van der Waals surface area contributed by atoms with Crippen molar-refractivity contribution in [2.75, 3.05) is 6.54 Å². The first-order valence-electron chi connectivity index (χ1n) is 6.85. The molecule has 2 N–H and O–H groups in total. The minimum absolute atomic E-state index is 0.624. The number of hydrogen-bond acceptors (Lipinski definition) is 3. The molecule has 1 aromatic rings. The summed E-state index contributed by atoms with van der Waals surface area (Å²) < 4.78 is 5.78. The highest BCUT2D eigenvalue weighted by Gasteiger charge is 2.35. The van der Waals surface area contributed by atoms with Crippen LogP contribution in [0.1, 0.15) is 38.8 Å². The highest BCUT2D eigenvalue weighted by molar-refractivity contribution is 6.47. The van der Waals surface area contributed by atoms with Crippen LogP contribution in [0.25, 0.3) is 0 Å². The molecular weight excluding hydrogens is 237 g/mol. The summed E-state index contributed by atoms with van der Waals surface area (Å²) in [5.41, 5.74) is 2.28. The van der Waals surface area contributed by atoms with E-state index in [1.165, 1.54) is 11.1 Å². The summed E-state index contributed by atoms with van der Waals surface area (Å²) in [4.78, 5) is 0. The molecule has 0 amide bonds. The summed E-state index contributed by atoms with van der Waals surface area (Å²) in [6, 6.07) is 6.40. The lowest BCUT2D eigenvalue weighted by atomic mass is 9.81. The minimum atomic E-state index is -0.890. The largest absolute Gasteiger partial charge is 0.427 e. The van der Waals surface area contributed by atoms with Gasteiger partial charge in [0.05, 0.1) is 11.2 Å². The van der Waals surface area contributed by atoms with Gasteiger partial charge in [-0.15, -0.1) is 0 Å². The summed E-state index contributed by atoms with van der Waals surface area (Å²) >= 11 is 0. The molecule has 1 radical (unpaired) electrons. The Morgan fingerprint density at radius 1 is 1.21 bits per heavy atom. The molecule has 4 heteroatoms. The first kappa shape index (κ1) is 14.6. The van der Waals surface area contributed by atoms with Crippen LogP contribution in [0.5, 0.6) is 0 Å². The molecule has 0 bridgehead atoms. The smallest absolute Gasteiger partial charge is 0.330 e. The predicted octanol–water partition coefficient (Wildman–Crippen LogP) is 1.14. The van der Waals surface area contributed by atoms with Gasteiger partial charge in [-0.1, -0.05) is 23.7 Å². The third-order valence-corrected chi connectivity index (χ3v) is 4.08. The zero-order chi connectivity index (χ0) is 14.1. The quantitative estimate of drug-likeness (QED) is 0.798. The van der Waals surface area contributed by atoms with Crippen molar-refractivity contribution >= 4 is 12.9 Å².